The number of aliphatic imine (C=N–C) groups is 1. The molecule has 0 saturated carbocycles. The van der Waals surface area contributed by atoms with Gasteiger partial charge in [-0.3, -0.25) is 4.99 Å². The van der Waals surface area contributed by atoms with E-state index in [2.05, 4.69) is 53.5 Å². The molecule has 1 aliphatic rings. The van der Waals surface area contributed by atoms with Crippen molar-refractivity contribution in [2.75, 3.05) is 0 Å². The molecule has 3 heteroatoms. The van der Waals surface area contributed by atoms with Crippen LogP contribution >= 0.6 is 0 Å². The van der Waals surface area contributed by atoms with Gasteiger partial charge in [0.1, 0.15) is 12.4 Å². The third-order valence-electron chi connectivity index (χ3n) is 5.79. The molecular weight excluding hydrogens is 380 g/mol. The van der Waals surface area contributed by atoms with Crippen molar-refractivity contribution in [1.29, 1.82) is 5.41 Å². The molecule has 31 heavy (non-hydrogen) atoms. The Labute approximate surface area is 184 Å². The lowest BCUT2D eigenvalue weighted by Crippen LogP contribution is -2.07. The van der Waals surface area contributed by atoms with E-state index in [0.717, 1.165) is 23.3 Å². The van der Waals surface area contributed by atoms with Gasteiger partial charge in [0.15, 0.2) is 0 Å². The minimum atomic E-state index is 0.441. The number of fused-ring (bicyclic) bond motifs is 1. The topological polar surface area (TPSA) is 45.4 Å². The summed E-state index contributed by atoms with van der Waals surface area (Å²) in [7, 11) is 0. The number of rotatable bonds is 8. The highest BCUT2D eigenvalue weighted by Crippen LogP contribution is 2.38. The molecule has 3 aromatic carbocycles. The fourth-order valence-corrected chi connectivity index (χ4v) is 4.20. The molecule has 3 aromatic rings. The molecule has 0 radical (unpaired) electrons. The summed E-state index contributed by atoms with van der Waals surface area (Å²) in [6, 6.07) is 25.2. The van der Waals surface area contributed by atoms with Crippen molar-refractivity contribution in [2.45, 2.75) is 38.7 Å². The first-order valence-corrected chi connectivity index (χ1v) is 10.9. The van der Waals surface area contributed by atoms with Crippen LogP contribution in [0.2, 0.25) is 0 Å². The number of nitrogens with zero attached hydrogens (tertiary/aromatic N) is 1. The van der Waals surface area contributed by atoms with Gasteiger partial charge >= 0.3 is 0 Å². The predicted octanol–water partition coefficient (Wildman–Crippen LogP) is 6.71. The Morgan fingerprint density at radius 3 is 2.65 bits per heavy atom. The lowest BCUT2D eigenvalue weighted by Gasteiger charge is -2.14. The maximum atomic E-state index is 8.40. The standard InChI is InChI=1S/C28H28N2O/c1-2-18-30-19-17-28(29)27-10-6-4-8-23(27)20-31-24-14-11-22(12-15-24)26-16-13-21-7-3-5-9-25(21)26/h2-12,14-15,18-19,26,29H,13,16-17,20H2,1H3/b18-2-,29-28?,30-19?. The first kappa shape index (κ1) is 20.8. The van der Waals surface area contributed by atoms with Gasteiger partial charge in [-0.1, -0.05) is 66.7 Å². The minimum Gasteiger partial charge on any atom is -0.489 e. The zero-order valence-corrected chi connectivity index (χ0v) is 17.9. The van der Waals surface area contributed by atoms with Gasteiger partial charge in [-0.2, -0.15) is 0 Å². The lowest BCUT2D eigenvalue weighted by atomic mass is 9.93. The van der Waals surface area contributed by atoms with Crippen molar-refractivity contribution in [3.63, 3.8) is 0 Å². The zero-order chi connectivity index (χ0) is 21.5. The maximum Gasteiger partial charge on any atom is 0.119 e. The third kappa shape index (κ3) is 5.00. The van der Waals surface area contributed by atoms with E-state index < -0.39 is 0 Å². The molecule has 3 nitrogen and oxygen atoms in total. The zero-order valence-electron chi connectivity index (χ0n) is 17.9. The van der Waals surface area contributed by atoms with Crippen molar-refractivity contribution in [2.24, 2.45) is 4.99 Å². The number of aryl methyl sites for hydroxylation is 1. The number of hydrogen-bond donors (Lipinski definition) is 1. The van der Waals surface area contributed by atoms with Crippen LogP contribution in [0.4, 0.5) is 0 Å². The van der Waals surface area contributed by atoms with Crippen LogP contribution in [0.3, 0.4) is 0 Å². The third-order valence-corrected chi connectivity index (χ3v) is 5.79. The molecule has 0 aliphatic heterocycles. The second-order valence-corrected chi connectivity index (χ2v) is 7.80. The van der Waals surface area contributed by atoms with E-state index in [1.807, 2.05) is 37.3 Å². The lowest BCUT2D eigenvalue weighted by molar-refractivity contribution is 0.306. The number of nitrogens with one attached hydrogen (secondary N) is 1. The SMILES string of the molecule is C/C=C\N=CCC(=N)c1ccccc1COc1ccc(C2CCc3ccccc32)cc1. The van der Waals surface area contributed by atoms with E-state index in [1.54, 1.807) is 12.4 Å². The molecule has 1 atom stereocenters. The van der Waals surface area contributed by atoms with Gasteiger partial charge in [-0.15, -0.1) is 0 Å². The van der Waals surface area contributed by atoms with Gasteiger partial charge < -0.3 is 10.1 Å². The average Bonchev–Trinajstić information content (AvgIpc) is 3.25. The van der Waals surface area contributed by atoms with E-state index in [-0.39, 0.29) is 0 Å². The van der Waals surface area contributed by atoms with E-state index in [4.69, 9.17) is 10.1 Å². The second kappa shape index (κ2) is 10.0. The Morgan fingerprint density at radius 2 is 1.81 bits per heavy atom. The summed E-state index contributed by atoms with van der Waals surface area (Å²) in [5.74, 6) is 1.33. The molecule has 0 spiro atoms. The van der Waals surface area contributed by atoms with E-state index in [9.17, 15) is 0 Å². The van der Waals surface area contributed by atoms with Gasteiger partial charge in [0.2, 0.25) is 0 Å². The molecule has 0 bridgehead atoms. The summed E-state index contributed by atoms with van der Waals surface area (Å²) in [4.78, 5) is 4.16. The van der Waals surface area contributed by atoms with Crippen LogP contribution < -0.4 is 4.74 Å². The summed E-state index contributed by atoms with van der Waals surface area (Å²) in [6.45, 7) is 2.37. The van der Waals surface area contributed by atoms with Crippen molar-refractivity contribution >= 4 is 11.9 Å². The van der Waals surface area contributed by atoms with Gasteiger partial charge in [0, 0.05) is 36.0 Å². The quantitative estimate of drug-likeness (QED) is 0.414. The highest BCUT2D eigenvalue weighted by Gasteiger charge is 2.23. The smallest absolute Gasteiger partial charge is 0.119 e. The van der Waals surface area contributed by atoms with Crippen LogP contribution in [-0.4, -0.2) is 11.9 Å². The van der Waals surface area contributed by atoms with E-state index >= 15 is 0 Å². The van der Waals surface area contributed by atoms with Gasteiger partial charge in [-0.05, 0) is 54.2 Å². The van der Waals surface area contributed by atoms with Crippen molar-refractivity contribution in [3.8, 4) is 5.75 Å². The van der Waals surface area contributed by atoms with Crippen LogP contribution in [0.25, 0.3) is 0 Å². The Hall–Kier alpha value is -3.46. The minimum absolute atomic E-state index is 0.441. The molecular formula is C28H28N2O. The summed E-state index contributed by atoms with van der Waals surface area (Å²) in [6.07, 6.45) is 8.20. The van der Waals surface area contributed by atoms with Crippen LogP contribution in [0.1, 0.15) is 53.5 Å². The number of ether oxygens (including phenoxy) is 1. The molecule has 1 N–H and O–H groups in total. The highest BCUT2D eigenvalue weighted by molar-refractivity contribution is 6.06. The summed E-state index contributed by atoms with van der Waals surface area (Å²) >= 11 is 0. The molecule has 1 aliphatic carbocycles. The second-order valence-electron chi connectivity index (χ2n) is 7.80. The van der Waals surface area contributed by atoms with Crippen LogP contribution in [0.5, 0.6) is 5.75 Å². The Balaban J connectivity index is 1.41. The first-order chi connectivity index (χ1) is 15.3. The molecule has 0 saturated heterocycles. The van der Waals surface area contributed by atoms with Gasteiger partial charge in [0.25, 0.3) is 0 Å². The number of benzene rings is 3. The molecule has 0 fully saturated rings. The summed E-state index contributed by atoms with van der Waals surface area (Å²) in [5, 5.41) is 8.40. The van der Waals surface area contributed by atoms with E-state index in [0.29, 0.717) is 24.7 Å². The number of hydrogen-bond acceptors (Lipinski definition) is 3. The van der Waals surface area contributed by atoms with Crippen LogP contribution in [0, 0.1) is 5.41 Å². The van der Waals surface area contributed by atoms with Crippen molar-refractivity contribution < 1.29 is 4.74 Å². The largest absolute Gasteiger partial charge is 0.489 e. The van der Waals surface area contributed by atoms with Crippen LogP contribution in [0.15, 0.2) is 90.1 Å². The summed E-state index contributed by atoms with van der Waals surface area (Å²) < 4.78 is 6.07. The summed E-state index contributed by atoms with van der Waals surface area (Å²) in [5.41, 5.74) is 6.75. The first-order valence-electron chi connectivity index (χ1n) is 10.9. The molecule has 1 unspecified atom stereocenters. The Bertz CT molecular complexity index is 1100. The van der Waals surface area contributed by atoms with E-state index in [1.165, 1.54) is 23.1 Å². The molecule has 0 heterocycles. The van der Waals surface area contributed by atoms with Gasteiger partial charge in [0.05, 0.1) is 0 Å². The Kier molecular flexibility index (Phi) is 6.73. The highest BCUT2D eigenvalue weighted by atomic mass is 16.5. The predicted molar refractivity (Wildman–Crippen MR) is 129 cm³/mol. The average molecular weight is 409 g/mol. The normalized spacial score (nSPS) is 15.5. The fraction of sp³-hybridized carbons (Fsp3) is 0.214. The fourth-order valence-electron chi connectivity index (χ4n) is 4.20. The maximum absolute atomic E-state index is 8.40. The Morgan fingerprint density at radius 1 is 1.03 bits per heavy atom. The molecule has 0 aromatic heterocycles. The molecule has 156 valence electrons. The number of allylic oxidation sites excluding steroid dienone is 1. The molecule has 4 rings (SSSR count). The van der Waals surface area contributed by atoms with Crippen molar-refractivity contribution in [3.05, 3.63) is 113 Å². The molecule has 0 amide bonds. The monoisotopic (exact) mass is 408 g/mol. The van der Waals surface area contributed by atoms with Crippen molar-refractivity contribution in [1.82, 2.24) is 0 Å². The van der Waals surface area contributed by atoms with Gasteiger partial charge in [-0.25, -0.2) is 0 Å². The van der Waals surface area contributed by atoms with Crippen LogP contribution in [-0.2, 0) is 13.0 Å².